The van der Waals surface area contributed by atoms with Crippen molar-refractivity contribution in [3.63, 3.8) is 0 Å². The Morgan fingerprint density at radius 3 is 2.69 bits per heavy atom. The maximum Gasteiger partial charge on any atom is 0.118 e. The first-order chi connectivity index (χ1) is 7.79. The third-order valence-corrected chi connectivity index (χ3v) is 3.03. The molecule has 0 amide bonds. The van der Waals surface area contributed by atoms with Gasteiger partial charge >= 0.3 is 0 Å². The Labute approximate surface area is 96.8 Å². The van der Waals surface area contributed by atoms with Crippen LogP contribution < -0.4 is 10.1 Å². The lowest BCUT2D eigenvalue weighted by atomic mass is 10.1. The number of rotatable bonds is 4. The molecule has 0 saturated carbocycles. The van der Waals surface area contributed by atoms with Crippen LogP contribution in [-0.2, 0) is 4.74 Å². The van der Waals surface area contributed by atoms with E-state index in [0.29, 0.717) is 12.1 Å². The predicted octanol–water partition coefficient (Wildman–Crippen LogP) is 2.13. The van der Waals surface area contributed by atoms with Gasteiger partial charge in [-0.05, 0) is 31.0 Å². The molecule has 1 fully saturated rings. The lowest BCUT2D eigenvalue weighted by Gasteiger charge is -2.18. The maximum absolute atomic E-state index is 5.35. The molecule has 0 aliphatic carbocycles. The van der Waals surface area contributed by atoms with Gasteiger partial charge in [0.1, 0.15) is 5.75 Å². The molecule has 1 saturated heterocycles. The fourth-order valence-electron chi connectivity index (χ4n) is 2.01. The molecule has 3 nitrogen and oxygen atoms in total. The van der Waals surface area contributed by atoms with Gasteiger partial charge in [-0.2, -0.15) is 0 Å². The summed E-state index contributed by atoms with van der Waals surface area (Å²) in [4.78, 5) is 0. The highest BCUT2D eigenvalue weighted by Gasteiger charge is 2.17. The van der Waals surface area contributed by atoms with Crippen LogP contribution in [0.4, 0.5) is 0 Å². The third kappa shape index (κ3) is 2.74. The minimum Gasteiger partial charge on any atom is -0.497 e. The Morgan fingerprint density at radius 1 is 1.38 bits per heavy atom. The zero-order valence-electron chi connectivity index (χ0n) is 9.90. The number of benzene rings is 1. The summed E-state index contributed by atoms with van der Waals surface area (Å²) in [6, 6.07) is 9.06. The van der Waals surface area contributed by atoms with Gasteiger partial charge in [-0.15, -0.1) is 0 Å². The molecule has 1 aromatic rings. The predicted molar refractivity (Wildman–Crippen MR) is 63.8 cm³/mol. The Morgan fingerprint density at radius 2 is 2.12 bits per heavy atom. The summed E-state index contributed by atoms with van der Waals surface area (Å²) < 4.78 is 10.5. The number of ether oxygens (including phenoxy) is 2. The minimum atomic E-state index is 0.359. The van der Waals surface area contributed by atoms with Gasteiger partial charge < -0.3 is 14.8 Å². The van der Waals surface area contributed by atoms with Crippen molar-refractivity contribution in [2.75, 3.05) is 20.3 Å². The van der Waals surface area contributed by atoms with Crippen LogP contribution in [0.15, 0.2) is 24.3 Å². The van der Waals surface area contributed by atoms with Crippen LogP contribution in [0, 0.1) is 0 Å². The van der Waals surface area contributed by atoms with E-state index in [2.05, 4.69) is 24.4 Å². The molecule has 0 spiro atoms. The Kier molecular flexibility index (Phi) is 3.80. The molecule has 2 rings (SSSR count). The molecule has 1 aromatic carbocycles. The molecule has 1 unspecified atom stereocenters. The third-order valence-electron chi connectivity index (χ3n) is 3.03. The minimum absolute atomic E-state index is 0.359. The highest BCUT2D eigenvalue weighted by atomic mass is 16.5. The van der Waals surface area contributed by atoms with Crippen LogP contribution in [0.2, 0.25) is 0 Å². The Hall–Kier alpha value is -1.06. The number of hydrogen-bond acceptors (Lipinski definition) is 3. The highest BCUT2D eigenvalue weighted by Crippen LogP contribution is 2.18. The van der Waals surface area contributed by atoms with E-state index in [-0.39, 0.29) is 0 Å². The van der Waals surface area contributed by atoms with Crippen molar-refractivity contribution in [2.24, 2.45) is 0 Å². The summed E-state index contributed by atoms with van der Waals surface area (Å²) in [6.07, 6.45) is 1.11. The normalized spacial score (nSPS) is 22.0. The summed E-state index contributed by atoms with van der Waals surface area (Å²) >= 11 is 0. The molecule has 0 aromatic heterocycles. The summed E-state index contributed by atoms with van der Waals surface area (Å²) in [5.74, 6) is 0.903. The molecule has 16 heavy (non-hydrogen) atoms. The van der Waals surface area contributed by atoms with Gasteiger partial charge in [-0.1, -0.05) is 12.1 Å². The molecule has 1 heterocycles. The zero-order chi connectivity index (χ0) is 11.4. The molecule has 0 bridgehead atoms. The van der Waals surface area contributed by atoms with Crippen LogP contribution in [0.1, 0.15) is 24.9 Å². The van der Waals surface area contributed by atoms with Crippen molar-refractivity contribution in [3.05, 3.63) is 29.8 Å². The second-order valence-electron chi connectivity index (χ2n) is 4.22. The fraction of sp³-hybridized carbons (Fsp3) is 0.538. The van der Waals surface area contributed by atoms with Crippen LogP contribution in [-0.4, -0.2) is 26.4 Å². The Bertz CT molecular complexity index is 317. The molecule has 1 N–H and O–H groups in total. The van der Waals surface area contributed by atoms with Crippen molar-refractivity contribution in [3.8, 4) is 5.75 Å². The number of hydrogen-bond donors (Lipinski definition) is 1. The lowest BCUT2D eigenvalue weighted by molar-refractivity contribution is 0.188. The molecule has 3 heteroatoms. The van der Waals surface area contributed by atoms with E-state index in [1.165, 1.54) is 5.56 Å². The van der Waals surface area contributed by atoms with Crippen LogP contribution >= 0.6 is 0 Å². The van der Waals surface area contributed by atoms with Crippen LogP contribution in [0.5, 0.6) is 5.75 Å². The first-order valence-electron chi connectivity index (χ1n) is 5.77. The second kappa shape index (κ2) is 5.32. The zero-order valence-corrected chi connectivity index (χ0v) is 9.90. The SMILES string of the molecule is COc1ccc([C@H](C)NC2CCOC2)cc1. The maximum atomic E-state index is 5.35. The first kappa shape index (κ1) is 11.4. The molecular weight excluding hydrogens is 202 g/mol. The van der Waals surface area contributed by atoms with Crippen molar-refractivity contribution in [1.82, 2.24) is 5.32 Å². The second-order valence-corrected chi connectivity index (χ2v) is 4.22. The van der Waals surface area contributed by atoms with Crippen LogP contribution in [0.3, 0.4) is 0 Å². The highest BCUT2D eigenvalue weighted by molar-refractivity contribution is 5.28. The fourth-order valence-corrected chi connectivity index (χ4v) is 2.01. The molecule has 88 valence electrons. The van der Waals surface area contributed by atoms with Gasteiger partial charge in [0.2, 0.25) is 0 Å². The summed E-state index contributed by atoms with van der Waals surface area (Å²) in [7, 11) is 1.69. The van der Waals surface area contributed by atoms with E-state index in [1.807, 2.05) is 12.1 Å². The van der Waals surface area contributed by atoms with E-state index >= 15 is 0 Å². The van der Waals surface area contributed by atoms with Gasteiger partial charge in [0, 0.05) is 18.7 Å². The summed E-state index contributed by atoms with van der Waals surface area (Å²) in [6.45, 7) is 3.90. The molecule has 1 aliphatic rings. The number of methoxy groups -OCH3 is 1. The van der Waals surface area contributed by atoms with Crippen molar-refractivity contribution >= 4 is 0 Å². The van der Waals surface area contributed by atoms with Crippen molar-refractivity contribution in [2.45, 2.75) is 25.4 Å². The largest absolute Gasteiger partial charge is 0.497 e. The van der Waals surface area contributed by atoms with Crippen molar-refractivity contribution in [1.29, 1.82) is 0 Å². The summed E-state index contributed by atoms with van der Waals surface area (Å²) in [5.41, 5.74) is 1.28. The standard InChI is InChI=1S/C13H19NO2/c1-10(14-12-7-8-16-9-12)11-3-5-13(15-2)6-4-11/h3-6,10,12,14H,7-9H2,1-2H3/t10-,12?/m0/s1. The van der Waals surface area contributed by atoms with E-state index in [9.17, 15) is 0 Å². The smallest absolute Gasteiger partial charge is 0.118 e. The summed E-state index contributed by atoms with van der Waals surface area (Å²) in [5, 5.41) is 3.57. The van der Waals surface area contributed by atoms with Gasteiger partial charge in [0.15, 0.2) is 0 Å². The van der Waals surface area contributed by atoms with Crippen molar-refractivity contribution < 1.29 is 9.47 Å². The quantitative estimate of drug-likeness (QED) is 0.845. The van der Waals surface area contributed by atoms with E-state index < -0.39 is 0 Å². The molecule has 2 atom stereocenters. The molecule has 0 radical (unpaired) electrons. The number of nitrogens with one attached hydrogen (secondary N) is 1. The topological polar surface area (TPSA) is 30.5 Å². The monoisotopic (exact) mass is 221 g/mol. The van der Waals surface area contributed by atoms with E-state index in [0.717, 1.165) is 25.4 Å². The van der Waals surface area contributed by atoms with Gasteiger partial charge in [-0.25, -0.2) is 0 Å². The van der Waals surface area contributed by atoms with E-state index in [1.54, 1.807) is 7.11 Å². The van der Waals surface area contributed by atoms with Gasteiger partial charge in [-0.3, -0.25) is 0 Å². The van der Waals surface area contributed by atoms with Crippen LogP contribution in [0.25, 0.3) is 0 Å². The first-order valence-corrected chi connectivity index (χ1v) is 5.77. The average molecular weight is 221 g/mol. The lowest BCUT2D eigenvalue weighted by Crippen LogP contribution is -2.31. The average Bonchev–Trinajstić information content (AvgIpc) is 2.82. The molecular formula is C13H19NO2. The van der Waals surface area contributed by atoms with Gasteiger partial charge in [0.25, 0.3) is 0 Å². The Balaban J connectivity index is 1.94. The van der Waals surface area contributed by atoms with Gasteiger partial charge in [0.05, 0.1) is 13.7 Å². The molecule has 1 aliphatic heterocycles. The van der Waals surface area contributed by atoms with E-state index in [4.69, 9.17) is 9.47 Å².